The van der Waals surface area contributed by atoms with Gasteiger partial charge < -0.3 is 54.4 Å². The maximum atomic E-state index is 12.6. The minimum atomic E-state index is -0.872. The van der Waals surface area contributed by atoms with Crippen molar-refractivity contribution in [1.82, 2.24) is 51.1 Å². The molecule has 10 rings (SSSR count). The largest absolute Gasteiger partial charge is 0.480 e. The fourth-order valence-electron chi connectivity index (χ4n) is 8.04. The van der Waals surface area contributed by atoms with Crippen LogP contribution in [0.15, 0.2) is 128 Å². The molecule has 0 saturated heterocycles. The van der Waals surface area contributed by atoms with Gasteiger partial charge in [-0.1, -0.05) is 18.2 Å². The fourth-order valence-corrected chi connectivity index (χ4v) is 11.2. The summed E-state index contributed by atoms with van der Waals surface area (Å²) in [7, 11) is 1.43. The molecule has 526 valence electrons. The molecule has 0 spiro atoms. The molecule has 0 bridgehead atoms. The van der Waals surface area contributed by atoms with E-state index < -0.39 is 83.4 Å². The van der Waals surface area contributed by atoms with Crippen molar-refractivity contribution in [3.63, 3.8) is 0 Å². The average molecular weight is 1470 g/mol. The van der Waals surface area contributed by atoms with Gasteiger partial charge in [0.2, 0.25) is 11.8 Å². The number of rotatable bonds is 20. The number of aromatic nitrogens is 7. The smallest absolute Gasteiger partial charge is 0.414 e. The quantitative estimate of drug-likeness (QED) is 0.0148. The second-order valence-electron chi connectivity index (χ2n) is 19.4. The van der Waals surface area contributed by atoms with Crippen LogP contribution in [-0.2, 0) is 23.7 Å². The SMILES string of the molecule is CCOC(=O)CC(=O)c1ccsc1NC(=O)c1n[nH]c2cc(C#N)ccc12.CCOC(=O)NC(=O)c1ccsc1NC(=O)c1c[nH]c(=O)cn1.CCOC(=O)NC(=O)c1ccsc1NC(=O)c1cnc(OC)cn1.CCOC(=O)NC(=O)c1ccsc1NC(=O)c1nc(-c2ccccc2)oc1C. The second-order valence-corrected chi connectivity index (χ2v) is 23.0. The Labute approximate surface area is 591 Å². The molecule has 10 amide bonds. The van der Waals surface area contributed by atoms with E-state index in [0.717, 1.165) is 52.0 Å². The number of fused-ring (bicyclic) bond motifs is 1. The number of ketones is 1. The number of alkyl carbamates (subject to hydrolysis) is 3. The van der Waals surface area contributed by atoms with Crippen LogP contribution in [0.2, 0.25) is 0 Å². The zero-order valence-corrected chi connectivity index (χ0v) is 57.4. The summed E-state index contributed by atoms with van der Waals surface area (Å²) in [6.07, 6.45) is 1.71. The van der Waals surface area contributed by atoms with E-state index in [0.29, 0.717) is 33.1 Å². The molecular formula is C64H57N15O19S4. The monoisotopic (exact) mass is 1470 g/mol. The van der Waals surface area contributed by atoms with E-state index in [-0.39, 0.29) is 92.3 Å². The topological polar surface area (TPSA) is 485 Å². The first kappa shape index (κ1) is 76.4. The highest BCUT2D eigenvalue weighted by atomic mass is 32.1. The Morgan fingerprint density at radius 1 is 0.549 bits per heavy atom. The number of nitrogens with one attached hydrogen (secondary N) is 9. The van der Waals surface area contributed by atoms with E-state index in [4.69, 9.17) is 19.2 Å². The Morgan fingerprint density at radius 3 is 1.50 bits per heavy atom. The molecule has 0 aliphatic rings. The minimum absolute atomic E-state index is 0.0187. The number of aromatic amines is 2. The predicted molar refractivity (Wildman–Crippen MR) is 369 cm³/mol. The maximum absolute atomic E-state index is 12.6. The number of ether oxygens (including phenoxy) is 5. The summed E-state index contributed by atoms with van der Waals surface area (Å²) in [4.78, 5) is 172. The van der Waals surface area contributed by atoms with Gasteiger partial charge >= 0.3 is 24.2 Å². The van der Waals surface area contributed by atoms with Crippen LogP contribution >= 0.6 is 45.3 Å². The van der Waals surface area contributed by atoms with Crippen molar-refractivity contribution < 1.29 is 85.6 Å². The number of carbonyl (C=O) groups is 12. The lowest BCUT2D eigenvalue weighted by Crippen LogP contribution is -2.31. The number of oxazole rings is 1. The zero-order valence-electron chi connectivity index (χ0n) is 54.2. The number of aryl methyl sites for hydroxylation is 1. The van der Waals surface area contributed by atoms with Crippen LogP contribution in [0.4, 0.5) is 34.4 Å². The number of amides is 10. The van der Waals surface area contributed by atoms with Crippen LogP contribution in [-0.4, -0.2) is 140 Å². The lowest BCUT2D eigenvalue weighted by Gasteiger charge is -2.07. The third-order valence-electron chi connectivity index (χ3n) is 12.6. The van der Waals surface area contributed by atoms with Gasteiger partial charge in [0.25, 0.3) is 46.9 Å². The number of H-pyrrole nitrogens is 2. The zero-order chi connectivity index (χ0) is 73.8. The third-order valence-corrected chi connectivity index (χ3v) is 15.9. The first-order valence-corrected chi connectivity index (χ1v) is 33.1. The lowest BCUT2D eigenvalue weighted by molar-refractivity contribution is -0.142. The molecule has 102 heavy (non-hydrogen) atoms. The Bertz CT molecular complexity index is 4800. The first-order chi connectivity index (χ1) is 49.1. The molecule has 0 aliphatic carbocycles. The number of nitriles is 1. The summed E-state index contributed by atoms with van der Waals surface area (Å²) in [5, 5.41) is 40.3. The first-order valence-electron chi connectivity index (χ1n) is 29.6. The number of carbonyl (C=O) groups excluding carboxylic acids is 12. The third kappa shape index (κ3) is 21.5. The molecule has 0 fully saturated rings. The van der Waals surface area contributed by atoms with E-state index in [1.165, 1.54) is 49.0 Å². The van der Waals surface area contributed by atoms with Gasteiger partial charge in [-0.25, -0.2) is 34.3 Å². The Hall–Kier alpha value is -13.0. The highest BCUT2D eigenvalue weighted by Crippen LogP contribution is 2.30. The van der Waals surface area contributed by atoms with Crippen molar-refractivity contribution in [3.05, 3.63) is 186 Å². The van der Waals surface area contributed by atoms with Crippen LogP contribution in [0.3, 0.4) is 0 Å². The van der Waals surface area contributed by atoms with Crippen LogP contribution in [0, 0.1) is 18.3 Å². The average Bonchev–Trinajstić information content (AvgIpc) is 1.65. The van der Waals surface area contributed by atoms with Gasteiger partial charge in [-0.05, 0) is 111 Å². The number of anilines is 4. The van der Waals surface area contributed by atoms with Gasteiger partial charge in [-0.15, -0.1) is 45.3 Å². The fraction of sp³-hybridized carbons (Fsp3) is 0.172. The Morgan fingerprint density at radius 2 is 1.03 bits per heavy atom. The number of hydrogen-bond donors (Lipinski definition) is 9. The van der Waals surface area contributed by atoms with Crippen molar-refractivity contribution in [2.24, 2.45) is 0 Å². The predicted octanol–water partition coefficient (Wildman–Crippen LogP) is 9.39. The molecule has 9 N–H and O–H groups in total. The minimum Gasteiger partial charge on any atom is -0.480 e. The van der Waals surface area contributed by atoms with Crippen molar-refractivity contribution in [3.8, 4) is 23.4 Å². The van der Waals surface area contributed by atoms with Gasteiger partial charge in [0.05, 0.1) is 91.5 Å². The maximum Gasteiger partial charge on any atom is 0.414 e. The van der Waals surface area contributed by atoms with Gasteiger partial charge in [0, 0.05) is 17.1 Å². The van der Waals surface area contributed by atoms with E-state index in [9.17, 15) is 62.3 Å². The summed E-state index contributed by atoms with van der Waals surface area (Å²) in [6.45, 7) is 8.76. The number of nitrogens with zero attached hydrogens (tertiary/aromatic N) is 6. The number of hydrogen-bond acceptors (Lipinski definition) is 29. The highest BCUT2D eigenvalue weighted by Gasteiger charge is 2.26. The molecule has 0 aliphatic heterocycles. The molecule has 0 saturated carbocycles. The molecule has 2 aromatic carbocycles. The number of Topliss-reactive ketones (excluding diaryl/α,β-unsaturated/α-hetero) is 1. The molecule has 34 nitrogen and oxygen atoms in total. The summed E-state index contributed by atoms with van der Waals surface area (Å²) in [5.74, 6) is -4.30. The molecule has 38 heteroatoms. The molecule has 0 atom stereocenters. The lowest BCUT2D eigenvalue weighted by atomic mass is 10.1. The van der Waals surface area contributed by atoms with Gasteiger partial charge in [-0.2, -0.15) is 10.4 Å². The van der Waals surface area contributed by atoms with Gasteiger partial charge in [-0.3, -0.25) is 69.0 Å². The normalized spacial score (nSPS) is 10.2. The molecule has 0 unspecified atom stereocenters. The number of thiophene rings is 4. The summed E-state index contributed by atoms with van der Waals surface area (Å²) < 4.78 is 29.2. The van der Waals surface area contributed by atoms with Gasteiger partial charge in [0.15, 0.2) is 17.2 Å². The molecular weight excluding hydrogens is 1410 g/mol. The van der Waals surface area contributed by atoms with Crippen LogP contribution in [0.5, 0.6) is 5.88 Å². The molecule has 8 heterocycles. The number of esters is 1. The highest BCUT2D eigenvalue weighted by molar-refractivity contribution is 7.15. The van der Waals surface area contributed by atoms with Crippen molar-refractivity contribution in [1.29, 1.82) is 5.26 Å². The van der Waals surface area contributed by atoms with Crippen molar-refractivity contribution >= 4 is 148 Å². The molecule has 0 radical (unpaired) electrons. The Balaban J connectivity index is 0.000000191. The molecule has 8 aromatic heterocycles. The van der Waals surface area contributed by atoms with E-state index in [1.807, 2.05) is 41.7 Å². The van der Waals surface area contributed by atoms with Crippen LogP contribution in [0.1, 0.15) is 129 Å². The Kier molecular flexibility index (Phi) is 28.2. The van der Waals surface area contributed by atoms with Crippen LogP contribution < -0.4 is 47.5 Å². The number of imide groups is 3. The summed E-state index contributed by atoms with van der Waals surface area (Å²) in [6, 6.07) is 22.0. The summed E-state index contributed by atoms with van der Waals surface area (Å²) in [5.41, 5.74) is 2.26. The number of benzene rings is 2. The molecule has 10 aromatic rings. The van der Waals surface area contributed by atoms with E-state index in [1.54, 1.807) is 80.4 Å². The summed E-state index contributed by atoms with van der Waals surface area (Å²) >= 11 is 4.55. The standard InChI is InChI=1S/C19H17N3O5S.C18H14N4O4S.C14H14N4O5S.C13H12N4O5S/c1-3-26-19(25)22-15(23)13-9-10-28-18(13)21-16(24)14-11(2)27-17(20-14)12-7-5-4-6-8-12;1-2-26-15(24)8-14(23)12-5-6-27-18(12)20-17(25)16-11-4-3-10(9-19)7-13(11)21-22-16;1-3-23-14(21)18-11(19)8-4-5-24-13(8)17-12(20)9-6-16-10(22-2)7-15-9;1-2-22-13(21)17-10(19)7-3-4-23-12(7)16-11(20)8-5-15-9(18)6-14-8/h4-10H,3H2,1-2H3,(H,21,24)(H,22,23,25);3-7H,2,8H2,1H3,(H,20,25)(H,21,22);4-7H,3H2,1-2H3,(H,17,20)(H,18,19,21);3-6H,2H2,1H3,(H,15,18)(H,16,20)(H,17,19,21). The number of methoxy groups -OCH3 is 1. The van der Waals surface area contributed by atoms with Crippen molar-refractivity contribution in [2.45, 2.75) is 41.0 Å². The van der Waals surface area contributed by atoms with Crippen molar-refractivity contribution in [2.75, 3.05) is 54.8 Å². The van der Waals surface area contributed by atoms with Gasteiger partial charge in [0.1, 0.15) is 43.6 Å². The second kappa shape index (κ2) is 37.7. The van der Waals surface area contributed by atoms with Crippen LogP contribution in [0.25, 0.3) is 22.4 Å². The van der Waals surface area contributed by atoms with E-state index >= 15 is 0 Å². The van der Waals surface area contributed by atoms with E-state index in [2.05, 4.69) is 81.2 Å².